The topological polar surface area (TPSA) is 50.8 Å². The van der Waals surface area contributed by atoms with Crippen molar-refractivity contribution in [2.24, 2.45) is 5.92 Å². The van der Waals surface area contributed by atoms with Crippen LogP contribution in [-0.4, -0.2) is 39.8 Å². The van der Waals surface area contributed by atoms with Crippen molar-refractivity contribution in [2.75, 3.05) is 38.8 Å². The summed E-state index contributed by atoms with van der Waals surface area (Å²) in [6.07, 6.45) is 2.35. The zero-order valence-electron chi connectivity index (χ0n) is 16.4. The van der Waals surface area contributed by atoms with E-state index in [0.29, 0.717) is 18.0 Å². The van der Waals surface area contributed by atoms with Gasteiger partial charge >= 0.3 is 0 Å². The Labute approximate surface area is 165 Å². The summed E-state index contributed by atoms with van der Waals surface area (Å²) in [5, 5.41) is 3.05. The number of rotatable bonds is 7. The molecule has 3 rings (SSSR count). The summed E-state index contributed by atoms with van der Waals surface area (Å²) in [7, 11) is 3.22. The number of halogens is 1. The van der Waals surface area contributed by atoms with Crippen LogP contribution in [0.5, 0.6) is 11.5 Å². The number of nitrogens with one attached hydrogen (secondary N) is 1. The maximum absolute atomic E-state index is 13.1. The summed E-state index contributed by atoms with van der Waals surface area (Å²) in [6, 6.07) is 12.3. The zero-order chi connectivity index (χ0) is 19.9. The smallest absolute Gasteiger partial charge is 0.223 e. The first-order valence-corrected chi connectivity index (χ1v) is 9.60. The minimum atomic E-state index is -0.229. The van der Waals surface area contributed by atoms with Gasteiger partial charge in [-0.05, 0) is 61.2 Å². The van der Waals surface area contributed by atoms with Crippen molar-refractivity contribution in [3.8, 4) is 11.5 Å². The molecule has 0 radical (unpaired) electrons. The maximum atomic E-state index is 13.1. The molecule has 6 heteroatoms. The van der Waals surface area contributed by atoms with Crippen LogP contribution >= 0.6 is 0 Å². The molecule has 1 aliphatic rings. The van der Waals surface area contributed by atoms with Crippen LogP contribution < -0.4 is 19.7 Å². The molecule has 1 amide bonds. The van der Waals surface area contributed by atoms with Crippen molar-refractivity contribution < 1.29 is 18.7 Å². The monoisotopic (exact) mass is 386 g/mol. The number of ether oxygens (including phenoxy) is 2. The van der Waals surface area contributed by atoms with E-state index < -0.39 is 0 Å². The van der Waals surface area contributed by atoms with E-state index in [9.17, 15) is 9.18 Å². The molecular formula is C22H27FN2O3. The van der Waals surface area contributed by atoms with Gasteiger partial charge in [0, 0.05) is 31.2 Å². The third-order valence-corrected chi connectivity index (χ3v) is 5.22. The van der Waals surface area contributed by atoms with E-state index >= 15 is 0 Å². The number of piperidine rings is 1. The fraction of sp³-hybridized carbons (Fsp3) is 0.409. The minimum absolute atomic E-state index is 0.0297. The lowest BCUT2D eigenvalue weighted by Crippen LogP contribution is -2.41. The van der Waals surface area contributed by atoms with Gasteiger partial charge < -0.3 is 19.7 Å². The third kappa shape index (κ3) is 4.94. The summed E-state index contributed by atoms with van der Waals surface area (Å²) in [4.78, 5) is 14.7. The molecule has 1 N–H and O–H groups in total. The molecule has 2 aromatic carbocycles. The first kappa shape index (κ1) is 20.0. The molecule has 2 aromatic rings. The number of carbonyl (C=O) groups is 1. The molecule has 0 aliphatic carbocycles. The molecule has 1 heterocycles. The summed E-state index contributed by atoms with van der Waals surface area (Å²) >= 11 is 0. The Kier molecular flexibility index (Phi) is 6.74. The van der Waals surface area contributed by atoms with Crippen LogP contribution in [-0.2, 0) is 11.2 Å². The Hall–Kier alpha value is -2.76. The van der Waals surface area contributed by atoms with Crippen LogP contribution in [0.1, 0.15) is 18.4 Å². The van der Waals surface area contributed by atoms with Crippen molar-refractivity contribution >= 4 is 11.6 Å². The molecule has 5 nitrogen and oxygen atoms in total. The second-order valence-electron chi connectivity index (χ2n) is 6.97. The van der Waals surface area contributed by atoms with E-state index in [-0.39, 0.29) is 17.6 Å². The van der Waals surface area contributed by atoms with Gasteiger partial charge in [-0.3, -0.25) is 4.79 Å². The fourth-order valence-corrected chi connectivity index (χ4v) is 3.56. The Bertz CT molecular complexity index is 787. The Morgan fingerprint density at radius 1 is 1.07 bits per heavy atom. The molecule has 1 aliphatic heterocycles. The Morgan fingerprint density at radius 3 is 2.39 bits per heavy atom. The number of hydrogen-bond acceptors (Lipinski definition) is 4. The number of amides is 1. The molecule has 1 fully saturated rings. The SMILES string of the molecule is COc1ccc(CCNC(=O)C2CCN(c3ccc(F)cc3)CC2)cc1OC. The lowest BCUT2D eigenvalue weighted by atomic mass is 9.95. The number of nitrogens with zero attached hydrogens (tertiary/aromatic N) is 1. The number of methoxy groups -OCH3 is 2. The highest BCUT2D eigenvalue weighted by atomic mass is 19.1. The van der Waals surface area contributed by atoms with Gasteiger partial charge in [0.2, 0.25) is 5.91 Å². The van der Waals surface area contributed by atoms with E-state index in [1.165, 1.54) is 12.1 Å². The number of benzene rings is 2. The number of anilines is 1. The van der Waals surface area contributed by atoms with E-state index in [1.807, 2.05) is 18.2 Å². The highest BCUT2D eigenvalue weighted by molar-refractivity contribution is 5.79. The second-order valence-corrected chi connectivity index (χ2v) is 6.97. The van der Waals surface area contributed by atoms with Gasteiger partial charge in [0.05, 0.1) is 14.2 Å². The summed E-state index contributed by atoms with van der Waals surface area (Å²) in [5.74, 6) is 1.30. The third-order valence-electron chi connectivity index (χ3n) is 5.22. The summed E-state index contributed by atoms with van der Waals surface area (Å²) in [5.41, 5.74) is 2.10. The average molecular weight is 386 g/mol. The molecule has 0 bridgehead atoms. The van der Waals surface area contributed by atoms with E-state index in [4.69, 9.17) is 9.47 Å². The van der Waals surface area contributed by atoms with Crippen LogP contribution in [0.2, 0.25) is 0 Å². The van der Waals surface area contributed by atoms with Gasteiger partial charge in [0.15, 0.2) is 11.5 Å². The highest BCUT2D eigenvalue weighted by Gasteiger charge is 2.24. The van der Waals surface area contributed by atoms with E-state index in [0.717, 1.165) is 43.6 Å². The zero-order valence-corrected chi connectivity index (χ0v) is 16.4. The van der Waals surface area contributed by atoms with Gasteiger partial charge in [-0.25, -0.2) is 4.39 Å². The summed E-state index contributed by atoms with van der Waals surface area (Å²) in [6.45, 7) is 2.20. The first-order valence-electron chi connectivity index (χ1n) is 9.60. The molecule has 28 heavy (non-hydrogen) atoms. The van der Waals surface area contributed by atoms with Gasteiger partial charge in [0.25, 0.3) is 0 Å². The lowest BCUT2D eigenvalue weighted by Gasteiger charge is -2.33. The van der Waals surface area contributed by atoms with Crippen LogP contribution in [0.4, 0.5) is 10.1 Å². The van der Waals surface area contributed by atoms with Crippen LogP contribution in [0.15, 0.2) is 42.5 Å². The maximum Gasteiger partial charge on any atom is 0.223 e. The van der Waals surface area contributed by atoms with Gasteiger partial charge in [0.1, 0.15) is 5.82 Å². The van der Waals surface area contributed by atoms with Crippen molar-refractivity contribution in [3.63, 3.8) is 0 Å². The van der Waals surface area contributed by atoms with Gasteiger partial charge in [-0.15, -0.1) is 0 Å². The predicted molar refractivity (Wildman–Crippen MR) is 108 cm³/mol. The van der Waals surface area contributed by atoms with Crippen LogP contribution in [0.25, 0.3) is 0 Å². The average Bonchev–Trinajstić information content (AvgIpc) is 2.74. The van der Waals surface area contributed by atoms with Gasteiger partial charge in [-0.1, -0.05) is 6.07 Å². The standard InChI is InChI=1S/C22H27FN2O3/c1-27-20-8-3-16(15-21(20)28-2)9-12-24-22(26)17-10-13-25(14-11-17)19-6-4-18(23)5-7-19/h3-8,15,17H,9-14H2,1-2H3,(H,24,26). The summed E-state index contributed by atoms with van der Waals surface area (Å²) < 4.78 is 23.6. The molecule has 0 saturated carbocycles. The molecule has 0 unspecified atom stereocenters. The molecule has 0 aromatic heterocycles. The van der Waals surface area contributed by atoms with Crippen molar-refractivity contribution in [2.45, 2.75) is 19.3 Å². The molecule has 0 spiro atoms. The van der Waals surface area contributed by atoms with E-state index in [2.05, 4.69) is 10.2 Å². The lowest BCUT2D eigenvalue weighted by molar-refractivity contribution is -0.125. The van der Waals surface area contributed by atoms with Crippen LogP contribution in [0, 0.1) is 11.7 Å². The van der Waals surface area contributed by atoms with Crippen LogP contribution in [0.3, 0.4) is 0 Å². The highest BCUT2D eigenvalue weighted by Crippen LogP contribution is 2.27. The molecule has 1 saturated heterocycles. The van der Waals surface area contributed by atoms with Crippen molar-refractivity contribution in [1.82, 2.24) is 5.32 Å². The second kappa shape index (κ2) is 9.44. The fourth-order valence-electron chi connectivity index (χ4n) is 3.56. The first-order chi connectivity index (χ1) is 13.6. The van der Waals surface area contributed by atoms with Crippen molar-refractivity contribution in [1.29, 1.82) is 0 Å². The quantitative estimate of drug-likeness (QED) is 0.792. The molecular weight excluding hydrogens is 359 g/mol. The van der Waals surface area contributed by atoms with Crippen molar-refractivity contribution in [3.05, 3.63) is 53.8 Å². The molecule has 0 atom stereocenters. The predicted octanol–water partition coefficient (Wildman–Crippen LogP) is 3.42. The Balaban J connectivity index is 1.44. The number of carbonyl (C=O) groups excluding carboxylic acids is 1. The number of hydrogen-bond donors (Lipinski definition) is 1. The minimum Gasteiger partial charge on any atom is -0.493 e. The Morgan fingerprint density at radius 2 is 1.75 bits per heavy atom. The normalized spacial score (nSPS) is 14.6. The largest absolute Gasteiger partial charge is 0.493 e. The van der Waals surface area contributed by atoms with E-state index in [1.54, 1.807) is 26.4 Å². The molecule has 150 valence electrons. The van der Waals surface area contributed by atoms with Gasteiger partial charge in [-0.2, -0.15) is 0 Å².